The van der Waals surface area contributed by atoms with Crippen molar-refractivity contribution in [2.24, 2.45) is 0 Å². The van der Waals surface area contributed by atoms with E-state index in [-0.39, 0.29) is 25.7 Å². The molecule has 1 radical (unpaired) electrons. The average molecular weight is 994 g/mol. The minimum Gasteiger partial charge on any atom is -0.501 e. The fourth-order valence-electron chi connectivity index (χ4n) is 7.21. The summed E-state index contributed by atoms with van der Waals surface area (Å²) in [5.41, 5.74) is 12.1. The Hall–Kier alpha value is -6.28. The third-order valence-corrected chi connectivity index (χ3v) is 12.6. The summed E-state index contributed by atoms with van der Waals surface area (Å²) in [6.07, 6.45) is 3.68. The minimum absolute atomic E-state index is 0. The van der Waals surface area contributed by atoms with E-state index in [2.05, 4.69) is 113 Å². The van der Waals surface area contributed by atoms with Crippen LogP contribution in [0.4, 0.5) is 0 Å². The molecule has 3 heterocycles. The second kappa shape index (κ2) is 18.5. The van der Waals surface area contributed by atoms with E-state index in [1.165, 1.54) is 22.4 Å². The van der Waals surface area contributed by atoms with Crippen molar-refractivity contribution in [2.75, 3.05) is 0 Å². The smallest absolute Gasteiger partial charge is 0.333 e. The molecule has 0 bridgehead atoms. The molecular formula is C53H44IrN2O4Si-2. The van der Waals surface area contributed by atoms with Crippen molar-refractivity contribution in [3.05, 3.63) is 187 Å². The van der Waals surface area contributed by atoms with E-state index in [0.29, 0.717) is 5.56 Å². The van der Waals surface area contributed by atoms with Gasteiger partial charge in [0.2, 0.25) is 0 Å². The van der Waals surface area contributed by atoms with Crippen LogP contribution in [0.25, 0.3) is 77.8 Å². The second-order valence-electron chi connectivity index (χ2n) is 15.9. The number of hydrogen-bond acceptors (Lipinski definition) is 6. The topological polar surface area (TPSA) is 85.5 Å². The zero-order valence-electron chi connectivity index (χ0n) is 35.5. The molecule has 0 spiro atoms. The molecule has 0 amide bonds. The summed E-state index contributed by atoms with van der Waals surface area (Å²) < 4.78 is 14.7. The summed E-state index contributed by atoms with van der Waals surface area (Å²) in [6, 6.07) is 56.6. The molecule has 9 aromatic rings. The van der Waals surface area contributed by atoms with Crippen molar-refractivity contribution in [1.82, 2.24) is 9.97 Å². The third-order valence-electron chi connectivity index (χ3n) is 10.6. The van der Waals surface area contributed by atoms with Crippen molar-refractivity contribution in [3.63, 3.8) is 0 Å². The Morgan fingerprint density at radius 1 is 0.721 bits per heavy atom. The molecule has 0 atom stereocenters. The Balaban J connectivity index is 0.000000192. The summed E-state index contributed by atoms with van der Waals surface area (Å²) in [5, 5.41) is 12.2. The van der Waals surface area contributed by atoms with Crippen LogP contribution in [-0.4, -0.2) is 29.3 Å². The molecule has 0 saturated heterocycles. The van der Waals surface area contributed by atoms with Crippen LogP contribution in [0.5, 0.6) is 0 Å². The van der Waals surface area contributed by atoms with Gasteiger partial charge in [0.1, 0.15) is 5.58 Å². The van der Waals surface area contributed by atoms with Crippen molar-refractivity contribution in [1.29, 1.82) is 0 Å². The molecule has 8 heteroatoms. The monoisotopic (exact) mass is 994 g/mol. The van der Waals surface area contributed by atoms with Gasteiger partial charge in [0.25, 0.3) is 0 Å². The van der Waals surface area contributed by atoms with Crippen molar-refractivity contribution >= 4 is 41.2 Å². The molecule has 0 fully saturated rings. The summed E-state index contributed by atoms with van der Waals surface area (Å²) in [5.74, 6) is -1.52. The van der Waals surface area contributed by atoms with E-state index in [1.54, 1.807) is 6.20 Å². The van der Waals surface area contributed by atoms with E-state index >= 15 is 0 Å². The Bertz CT molecular complexity index is 3000. The Morgan fingerprint density at radius 3 is 2.08 bits per heavy atom. The maximum Gasteiger partial charge on any atom is 0.333 e. The summed E-state index contributed by atoms with van der Waals surface area (Å²) in [6.45, 7) is 10.6. The summed E-state index contributed by atoms with van der Waals surface area (Å²) in [7, 11) is -1.41. The predicted molar refractivity (Wildman–Crippen MR) is 246 cm³/mol. The molecule has 0 aliphatic heterocycles. The predicted octanol–water partition coefficient (Wildman–Crippen LogP) is 13.3. The summed E-state index contributed by atoms with van der Waals surface area (Å²) in [4.78, 5) is 25.0. The van der Waals surface area contributed by atoms with Crippen LogP contribution in [0.2, 0.25) is 19.6 Å². The maximum absolute atomic E-state index is 11.9. The molecule has 6 aromatic carbocycles. The van der Waals surface area contributed by atoms with E-state index < -0.39 is 19.9 Å². The molecule has 6 nitrogen and oxygen atoms in total. The number of furan rings is 1. The van der Waals surface area contributed by atoms with Crippen LogP contribution in [0.3, 0.4) is 0 Å². The largest absolute Gasteiger partial charge is 0.501 e. The number of pyridine rings is 2. The van der Waals surface area contributed by atoms with Gasteiger partial charge in [-0.25, -0.2) is 5.26 Å². The van der Waals surface area contributed by atoms with Crippen molar-refractivity contribution in [3.8, 4) is 55.9 Å². The number of benzene rings is 6. The molecule has 0 aliphatic rings. The summed E-state index contributed by atoms with van der Waals surface area (Å²) >= 11 is 0. The van der Waals surface area contributed by atoms with E-state index in [9.17, 15) is 4.79 Å². The SMILES string of the molecule is C[Si](C)(C)c1ccc(-c2[c-]cc(C(=O)OO)c(-c3ccccc3)c2)nc1.[2H]C(C)(C)c1ccnc(-c2[c-]ccc3c2oc2ccc(-c4cccc(-c5ccccc5)c4)cc23)c1.[Ir]. The van der Waals surface area contributed by atoms with E-state index in [4.69, 9.17) is 11.0 Å². The number of hydrogen-bond donors (Lipinski definition) is 1. The zero-order valence-corrected chi connectivity index (χ0v) is 37.9. The first kappa shape index (κ1) is 41.5. The molecular weight excluding hydrogens is 949 g/mol. The van der Waals surface area contributed by atoms with Gasteiger partial charge in [-0.1, -0.05) is 159 Å². The average Bonchev–Trinajstić information content (AvgIpc) is 3.67. The van der Waals surface area contributed by atoms with Gasteiger partial charge in [0.05, 0.1) is 13.7 Å². The van der Waals surface area contributed by atoms with Crippen LogP contribution in [0, 0.1) is 12.1 Å². The first-order valence-corrected chi connectivity index (χ1v) is 23.3. The van der Waals surface area contributed by atoms with Crippen LogP contribution >= 0.6 is 0 Å². The Morgan fingerprint density at radius 2 is 1.41 bits per heavy atom. The van der Waals surface area contributed by atoms with Crippen LogP contribution < -0.4 is 5.19 Å². The molecule has 61 heavy (non-hydrogen) atoms. The Kier molecular flexibility index (Phi) is 12.6. The van der Waals surface area contributed by atoms with Gasteiger partial charge in [-0.05, 0) is 80.1 Å². The molecule has 1 N–H and O–H groups in total. The molecule has 0 unspecified atom stereocenters. The van der Waals surface area contributed by atoms with Gasteiger partial charge in [0.15, 0.2) is 0 Å². The van der Waals surface area contributed by atoms with Gasteiger partial charge in [-0.2, -0.15) is 0 Å². The van der Waals surface area contributed by atoms with Crippen LogP contribution in [0.1, 0.15) is 37.0 Å². The first-order chi connectivity index (χ1) is 29.4. The van der Waals surface area contributed by atoms with E-state index in [1.807, 2.05) is 98.9 Å². The molecule has 0 saturated carbocycles. The first-order valence-electron chi connectivity index (χ1n) is 20.3. The van der Waals surface area contributed by atoms with Gasteiger partial charge in [0, 0.05) is 39.3 Å². The van der Waals surface area contributed by atoms with Crippen molar-refractivity contribution in [2.45, 2.75) is 39.4 Å². The van der Waals surface area contributed by atoms with Gasteiger partial charge >= 0.3 is 5.97 Å². The van der Waals surface area contributed by atoms with Crippen molar-refractivity contribution < 1.29 is 40.8 Å². The zero-order chi connectivity index (χ0) is 42.7. The number of nitrogens with zero attached hydrogens (tertiary/aromatic N) is 2. The quantitative estimate of drug-likeness (QED) is 0.0706. The number of rotatable bonds is 8. The third kappa shape index (κ3) is 9.39. The molecule has 9 rings (SSSR count). The normalized spacial score (nSPS) is 11.6. The van der Waals surface area contributed by atoms with E-state index in [0.717, 1.165) is 66.7 Å². The van der Waals surface area contributed by atoms with Crippen LogP contribution in [-0.2, 0) is 25.0 Å². The fourth-order valence-corrected chi connectivity index (χ4v) is 8.24. The molecule has 3 aromatic heterocycles. The number of fused-ring (bicyclic) bond motifs is 3. The Labute approximate surface area is 372 Å². The maximum atomic E-state index is 11.9. The molecule has 0 aliphatic carbocycles. The number of aromatic nitrogens is 2. The second-order valence-corrected chi connectivity index (χ2v) is 21.0. The van der Waals surface area contributed by atoms with Gasteiger partial charge < -0.3 is 19.3 Å². The molecule has 305 valence electrons. The van der Waals surface area contributed by atoms with Crippen LogP contribution in [0.15, 0.2) is 168 Å². The number of carbonyl (C=O) groups is 1. The fraction of sp³-hybridized carbons (Fsp3) is 0.113. The minimum atomic E-state index is -1.41. The number of carbonyl (C=O) groups excluding carboxylic acids is 1. The van der Waals surface area contributed by atoms with Gasteiger partial charge in [-0.15, -0.1) is 42.0 Å². The standard InChI is InChI=1S/C32H24NO.C21H20NO3Si.Ir/c1-21(2)23-16-17-33-30(20-23)28-13-7-12-27-29-19-26(14-15-31(29)34-32(27)28)25-11-6-10-24(18-25)22-8-4-3-5-9-22;1-26(2,3)17-10-12-20(22-14-17)16-9-11-18(21(23)25-24)19(13-16)15-7-5-4-6-8-15;/h3-12,14-21H,1-2H3;4-8,10-14,24H,1-3H3;/q2*-1;/i21D;;. The van der Waals surface area contributed by atoms with Gasteiger partial charge in [-0.3, -0.25) is 4.79 Å².